The predicted octanol–water partition coefficient (Wildman–Crippen LogP) is 2.05. The van der Waals surface area contributed by atoms with Crippen LogP contribution in [0.4, 0.5) is 5.13 Å². The topological polar surface area (TPSA) is 42.0 Å². The first-order valence-corrected chi connectivity index (χ1v) is 11.5. The zero-order chi connectivity index (χ0) is 17.2. The third kappa shape index (κ3) is 3.91. The lowest BCUT2D eigenvalue weighted by molar-refractivity contribution is -0.591. The van der Waals surface area contributed by atoms with Gasteiger partial charge in [-0.1, -0.05) is 28.7 Å². The summed E-state index contributed by atoms with van der Waals surface area (Å²) in [6, 6.07) is 18.3. The molecule has 0 aliphatic carbocycles. The Kier molecular flexibility index (Phi) is 4.82. The highest BCUT2D eigenvalue weighted by molar-refractivity contribution is 7.22. The molecule has 0 atom stereocenters. The first-order valence-electron chi connectivity index (χ1n) is 7.64. The number of halogens is 1. The van der Waals surface area contributed by atoms with Gasteiger partial charge in [-0.05, 0) is 60.3 Å². The van der Waals surface area contributed by atoms with E-state index in [4.69, 9.17) is 0 Å². The summed E-state index contributed by atoms with van der Waals surface area (Å²) < 4.78 is 3.83. The number of hydrogen-bond acceptors (Lipinski definition) is 4. The number of hydrogen-bond donors (Lipinski definition) is 1. The van der Waals surface area contributed by atoms with Crippen LogP contribution >= 0.6 is 22.7 Å². The lowest BCUT2D eigenvalue weighted by Crippen LogP contribution is -3.61. The molecule has 0 bridgehead atoms. The van der Waals surface area contributed by atoms with Crippen LogP contribution in [0.1, 0.15) is 15.9 Å². The van der Waals surface area contributed by atoms with E-state index < -0.39 is 0 Å². The van der Waals surface area contributed by atoms with Gasteiger partial charge in [0.1, 0.15) is 0 Å². The van der Waals surface area contributed by atoms with E-state index in [2.05, 4.69) is 52.9 Å². The van der Waals surface area contributed by atoms with Crippen molar-refractivity contribution in [2.24, 2.45) is 0 Å². The minimum atomic E-state index is -0.156. The van der Waals surface area contributed by atoms with Gasteiger partial charge in [-0.2, -0.15) is 0 Å². The number of carbonyl (C=O) groups is 1. The second kappa shape index (κ2) is 7.23. The second-order valence-electron chi connectivity index (χ2n) is 5.46. The van der Waals surface area contributed by atoms with Crippen LogP contribution in [0.25, 0.3) is 10.2 Å². The number of carbonyl (C=O) groups excluding carboxylic acids is 1. The molecule has 1 amide bonds. The smallest absolute Gasteiger partial charge is 0.298 e. The molecule has 0 unspecified atom stereocenters. The quantitative estimate of drug-likeness (QED) is 0.458. The molecule has 0 spiro atoms. The fourth-order valence-electron chi connectivity index (χ4n) is 2.34. The maximum absolute atomic E-state index is 12.5. The molecule has 0 aliphatic rings. The summed E-state index contributed by atoms with van der Waals surface area (Å²) in [7, 11) is 0. The standard InChI is InChI=1S/C19H13IN2OS2/c1-12-4-9-15-16(11-12)25-19(21-15)22-18(23)13-5-7-14(8-6-13)20-17-3-2-10-24-17/h2-11H,1H3/p+1. The Balaban J connectivity index is 1.48. The highest BCUT2D eigenvalue weighted by Crippen LogP contribution is 2.26. The maximum Gasteiger partial charge on any atom is 0.369 e. The fraction of sp³-hybridized carbons (Fsp3) is 0.0526. The molecule has 2 heterocycles. The molecule has 6 heteroatoms. The minimum Gasteiger partial charge on any atom is -0.298 e. The van der Waals surface area contributed by atoms with E-state index in [-0.39, 0.29) is 27.1 Å². The molecular formula is C19H14IN2OS2+. The highest BCUT2D eigenvalue weighted by atomic mass is 127. The van der Waals surface area contributed by atoms with Crippen LogP contribution in [-0.2, 0) is 0 Å². The Hall–Kier alpha value is -1.77. The monoisotopic (exact) mass is 477 g/mol. The zero-order valence-corrected chi connectivity index (χ0v) is 17.1. The van der Waals surface area contributed by atoms with Crippen LogP contribution < -0.4 is 26.5 Å². The summed E-state index contributed by atoms with van der Waals surface area (Å²) in [5.74, 6) is -0.114. The van der Waals surface area contributed by atoms with E-state index in [1.54, 1.807) is 11.3 Å². The van der Waals surface area contributed by atoms with Crippen LogP contribution in [0.5, 0.6) is 0 Å². The SMILES string of the molecule is Cc1ccc2nc(NC(=O)c3ccc([I+]c4cccs4)cc3)sc2c1. The number of benzene rings is 2. The molecule has 0 radical (unpaired) electrons. The van der Waals surface area contributed by atoms with Crippen LogP contribution in [-0.4, -0.2) is 10.9 Å². The molecule has 124 valence electrons. The lowest BCUT2D eigenvalue weighted by Gasteiger charge is -2.00. The molecule has 4 aromatic rings. The van der Waals surface area contributed by atoms with Gasteiger partial charge in [0.05, 0.1) is 10.2 Å². The molecule has 0 saturated carbocycles. The van der Waals surface area contributed by atoms with Crippen LogP contribution in [0, 0.1) is 13.4 Å². The van der Waals surface area contributed by atoms with Gasteiger partial charge in [-0.15, -0.1) is 0 Å². The highest BCUT2D eigenvalue weighted by Gasteiger charge is 2.17. The molecule has 0 aliphatic heterocycles. The van der Waals surface area contributed by atoms with E-state index in [1.165, 1.54) is 23.4 Å². The average Bonchev–Trinajstić information content (AvgIpc) is 3.24. The average molecular weight is 477 g/mol. The lowest BCUT2D eigenvalue weighted by atomic mass is 10.2. The zero-order valence-electron chi connectivity index (χ0n) is 13.3. The summed E-state index contributed by atoms with van der Waals surface area (Å²) >= 11 is 3.14. The Labute approximate surface area is 164 Å². The summed E-state index contributed by atoms with van der Waals surface area (Å²) in [4.78, 5) is 16.9. The Bertz CT molecular complexity index is 1020. The number of nitrogens with one attached hydrogen (secondary N) is 1. The number of nitrogens with zero attached hydrogens (tertiary/aromatic N) is 1. The van der Waals surface area contributed by atoms with E-state index >= 15 is 0 Å². The molecule has 1 N–H and O–H groups in total. The van der Waals surface area contributed by atoms with Crippen molar-refractivity contribution in [1.29, 1.82) is 0 Å². The van der Waals surface area contributed by atoms with Crippen molar-refractivity contribution in [2.45, 2.75) is 6.92 Å². The Morgan fingerprint density at radius 1 is 1.12 bits per heavy atom. The van der Waals surface area contributed by atoms with Crippen molar-refractivity contribution in [3.05, 3.63) is 77.6 Å². The van der Waals surface area contributed by atoms with Crippen molar-refractivity contribution >= 4 is 43.9 Å². The number of fused-ring (bicyclic) bond motifs is 1. The van der Waals surface area contributed by atoms with Crippen molar-refractivity contribution in [2.75, 3.05) is 5.32 Å². The summed E-state index contributed by atoms with van der Waals surface area (Å²) in [6.45, 7) is 2.05. The van der Waals surface area contributed by atoms with Gasteiger partial charge in [0.2, 0.25) is 2.88 Å². The van der Waals surface area contributed by atoms with Crippen molar-refractivity contribution < 1.29 is 26.0 Å². The molecule has 0 saturated heterocycles. The Morgan fingerprint density at radius 2 is 1.96 bits per heavy atom. The summed E-state index contributed by atoms with van der Waals surface area (Å²) in [6.07, 6.45) is 0. The molecule has 2 aromatic carbocycles. The summed E-state index contributed by atoms with van der Waals surface area (Å²) in [5, 5.41) is 5.66. The van der Waals surface area contributed by atoms with E-state index in [0.717, 1.165) is 10.2 Å². The number of thiazole rings is 1. The second-order valence-corrected chi connectivity index (χ2v) is 11.1. The molecule has 4 rings (SSSR count). The molecule has 2 aromatic heterocycles. The van der Waals surface area contributed by atoms with Crippen LogP contribution in [0.15, 0.2) is 60.0 Å². The van der Waals surface area contributed by atoms with Crippen molar-refractivity contribution in [1.82, 2.24) is 4.98 Å². The van der Waals surface area contributed by atoms with E-state index in [0.29, 0.717) is 10.7 Å². The van der Waals surface area contributed by atoms with Crippen molar-refractivity contribution in [3.63, 3.8) is 0 Å². The van der Waals surface area contributed by atoms with Gasteiger partial charge in [0.15, 0.2) is 8.70 Å². The minimum absolute atomic E-state index is 0.114. The predicted molar refractivity (Wildman–Crippen MR) is 100 cm³/mol. The number of aryl methyl sites for hydroxylation is 1. The van der Waals surface area contributed by atoms with Crippen LogP contribution in [0.3, 0.4) is 0 Å². The fourth-order valence-corrected chi connectivity index (χ4v) is 6.93. The normalized spacial score (nSPS) is 10.9. The first-order chi connectivity index (χ1) is 12.2. The molecule has 25 heavy (non-hydrogen) atoms. The molecular weight excluding hydrogens is 463 g/mol. The largest absolute Gasteiger partial charge is 0.369 e. The molecule has 0 fully saturated rings. The van der Waals surface area contributed by atoms with Gasteiger partial charge in [-0.3, -0.25) is 10.1 Å². The number of thiophene rings is 1. The van der Waals surface area contributed by atoms with Gasteiger partial charge in [-0.25, -0.2) is 4.98 Å². The van der Waals surface area contributed by atoms with Gasteiger partial charge >= 0.3 is 21.2 Å². The number of aromatic nitrogens is 1. The van der Waals surface area contributed by atoms with E-state index in [9.17, 15) is 4.79 Å². The molecule has 3 nitrogen and oxygen atoms in total. The van der Waals surface area contributed by atoms with Crippen LogP contribution in [0.2, 0.25) is 0 Å². The summed E-state index contributed by atoms with van der Waals surface area (Å²) in [5.41, 5.74) is 2.77. The third-order valence-electron chi connectivity index (χ3n) is 3.56. The maximum atomic E-state index is 12.5. The van der Waals surface area contributed by atoms with Crippen molar-refractivity contribution in [3.8, 4) is 0 Å². The number of amides is 1. The van der Waals surface area contributed by atoms with E-state index in [1.807, 2.05) is 24.3 Å². The van der Waals surface area contributed by atoms with Gasteiger partial charge < -0.3 is 0 Å². The first kappa shape index (κ1) is 16.7. The third-order valence-corrected chi connectivity index (χ3v) is 8.66. The van der Waals surface area contributed by atoms with Gasteiger partial charge in [0.25, 0.3) is 5.91 Å². The number of anilines is 1. The Morgan fingerprint density at radius 3 is 2.72 bits per heavy atom. The number of rotatable bonds is 4. The van der Waals surface area contributed by atoms with Gasteiger partial charge in [0, 0.05) is 11.6 Å².